The Morgan fingerprint density at radius 1 is 1.55 bits per heavy atom. The molecule has 0 fully saturated rings. The minimum Gasteiger partial charge on any atom is -0.199 e. The van der Waals surface area contributed by atoms with Gasteiger partial charge in [0.1, 0.15) is 16.5 Å². The van der Waals surface area contributed by atoms with Gasteiger partial charge < -0.3 is 0 Å². The number of fused-ring (bicyclic) bond motifs is 1. The van der Waals surface area contributed by atoms with Gasteiger partial charge in [0.05, 0.1) is 0 Å². The fourth-order valence-electron chi connectivity index (χ4n) is 0.769. The number of hydrogen-bond donors (Lipinski definition) is 1. The molecule has 2 aromatic heterocycles. The first kappa shape index (κ1) is 6.87. The van der Waals surface area contributed by atoms with Gasteiger partial charge in [0.25, 0.3) is 5.78 Å². The summed E-state index contributed by atoms with van der Waals surface area (Å²) in [7, 11) is 0. The molecule has 0 aromatic carbocycles. The maximum atomic E-state index is 5.64. The second kappa shape index (κ2) is 2.35. The third-order valence-electron chi connectivity index (χ3n) is 1.20. The molecule has 0 aliphatic carbocycles. The van der Waals surface area contributed by atoms with Crippen molar-refractivity contribution in [2.75, 3.05) is 0 Å². The van der Waals surface area contributed by atoms with E-state index in [1.807, 2.05) is 0 Å². The molecule has 0 unspecified atom stereocenters. The summed E-state index contributed by atoms with van der Waals surface area (Å²) in [6, 6.07) is 1.60. The van der Waals surface area contributed by atoms with Gasteiger partial charge in [0.15, 0.2) is 0 Å². The summed E-state index contributed by atoms with van der Waals surface area (Å²) in [5.41, 5.74) is 0. The van der Waals surface area contributed by atoms with Crippen LogP contribution in [-0.4, -0.2) is 19.6 Å². The Balaban J connectivity index is 2.91. The van der Waals surface area contributed by atoms with E-state index in [9.17, 15) is 0 Å². The van der Waals surface area contributed by atoms with Crippen LogP contribution in [0.25, 0.3) is 5.78 Å². The molecule has 0 aliphatic rings. The lowest BCUT2D eigenvalue weighted by Crippen LogP contribution is -1.92. The van der Waals surface area contributed by atoms with Gasteiger partial charge in [-0.15, -0.1) is 12.6 Å². The van der Waals surface area contributed by atoms with Crippen molar-refractivity contribution >= 4 is 30.0 Å². The van der Waals surface area contributed by atoms with Gasteiger partial charge in [-0.3, -0.25) is 0 Å². The summed E-state index contributed by atoms with van der Waals surface area (Å²) >= 11 is 9.76. The molecule has 11 heavy (non-hydrogen) atoms. The van der Waals surface area contributed by atoms with Gasteiger partial charge in [-0.05, 0) is 0 Å². The Kier molecular flexibility index (Phi) is 1.47. The number of rotatable bonds is 0. The molecule has 0 aliphatic heterocycles. The van der Waals surface area contributed by atoms with Crippen molar-refractivity contribution in [3.8, 4) is 0 Å². The summed E-state index contributed by atoms with van der Waals surface area (Å²) in [4.78, 5) is 7.75. The average Bonchev–Trinajstić information content (AvgIpc) is 2.34. The summed E-state index contributed by atoms with van der Waals surface area (Å²) in [6.45, 7) is 0. The molecule has 0 atom stereocenters. The molecule has 0 saturated heterocycles. The second-order valence-electron chi connectivity index (χ2n) is 1.91. The first-order valence-electron chi connectivity index (χ1n) is 2.82. The van der Waals surface area contributed by atoms with Crippen LogP contribution in [0.3, 0.4) is 0 Å². The maximum Gasteiger partial charge on any atom is 0.254 e. The predicted molar refractivity (Wildman–Crippen MR) is 43.0 cm³/mol. The molecule has 0 N–H and O–H groups in total. The SMILES string of the molecule is Sc1cc(Cl)nc2ncnn12. The van der Waals surface area contributed by atoms with Crippen molar-refractivity contribution in [3.05, 3.63) is 17.5 Å². The minimum atomic E-state index is 0.371. The number of aromatic nitrogens is 4. The number of hydrogen-bond acceptors (Lipinski definition) is 4. The zero-order valence-corrected chi connectivity index (χ0v) is 6.92. The first-order chi connectivity index (χ1) is 5.27. The highest BCUT2D eigenvalue weighted by molar-refractivity contribution is 7.80. The Morgan fingerprint density at radius 3 is 3.18 bits per heavy atom. The van der Waals surface area contributed by atoms with Crippen LogP contribution in [0, 0.1) is 0 Å². The summed E-state index contributed by atoms with van der Waals surface area (Å²) in [5.74, 6) is 0.461. The van der Waals surface area contributed by atoms with Crippen LogP contribution in [-0.2, 0) is 0 Å². The van der Waals surface area contributed by atoms with E-state index in [2.05, 4.69) is 27.7 Å². The zero-order chi connectivity index (χ0) is 7.84. The largest absolute Gasteiger partial charge is 0.254 e. The van der Waals surface area contributed by atoms with Crippen molar-refractivity contribution in [1.29, 1.82) is 0 Å². The molecule has 2 aromatic rings. The number of thiol groups is 1. The number of nitrogens with zero attached hydrogens (tertiary/aromatic N) is 4. The molecule has 2 rings (SSSR count). The Bertz CT molecular complexity index is 398. The average molecular weight is 187 g/mol. The van der Waals surface area contributed by atoms with E-state index in [1.165, 1.54) is 10.8 Å². The zero-order valence-electron chi connectivity index (χ0n) is 5.27. The molecule has 2 heterocycles. The highest BCUT2D eigenvalue weighted by Crippen LogP contribution is 2.12. The molecule has 0 bridgehead atoms. The smallest absolute Gasteiger partial charge is 0.199 e. The van der Waals surface area contributed by atoms with Gasteiger partial charge in [0, 0.05) is 6.07 Å². The van der Waals surface area contributed by atoms with Gasteiger partial charge >= 0.3 is 0 Å². The van der Waals surface area contributed by atoms with Crippen LogP contribution in [0.5, 0.6) is 0 Å². The molecule has 0 spiro atoms. The van der Waals surface area contributed by atoms with Gasteiger partial charge in [-0.2, -0.15) is 19.6 Å². The van der Waals surface area contributed by atoms with Gasteiger partial charge in [-0.25, -0.2) is 0 Å². The van der Waals surface area contributed by atoms with Crippen LogP contribution < -0.4 is 0 Å². The lowest BCUT2D eigenvalue weighted by atomic mass is 10.7. The third kappa shape index (κ3) is 1.06. The van der Waals surface area contributed by atoms with Gasteiger partial charge in [0.2, 0.25) is 0 Å². The fraction of sp³-hybridized carbons (Fsp3) is 0. The minimum absolute atomic E-state index is 0.371. The Morgan fingerprint density at radius 2 is 2.36 bits per heavy atom. The standard InChI is InChI=1S/C5H3ClN4S/c6-3-1-4(11)10-5(9-3)7-2-8-10/h1-2,11H. The molecule has 0 radical (unpaired) electrons. The molecular formula is C5H3ClN4S. The molecule has 0 amide bonds. The van der Waals surface area contributed by atoms with Crippen LogP contribution in [0.15, 0.2) is 17.4 Å². The van der Waals surface area contributed by atoms with Crippen molar-refractivity contribution in [2.45, 2.75) is 5.03 Å². The van der Waals surface area contributed by atoms with E-state index < -0.39 is 0 Å². The summed E-state index contributed by atoms with van der Waals surface area (Å²) in [5, 5.41) is 4.86. The molecule has 6 heteroatoms. The van der Waals surface area contributed by atoms with E-state index in [1.54, 1.807) is 6.07 Å². The normalized spacial score (nSPS) is 10.7. The maximum absolute atomic E-state index is 5.64. The molecule has 0 saturated carbocycles. The highest BCUT2D eigenvalue weighted by atomic mass is 35.5. The lowest BCUT2D eigenvalue weighted by molar-refractivity contribution is 0.846. The van der Waals surface area contributed by atoms with Crippen LogP contribution in [0.4, 0.5) is 0 Å². The van der Waals surface area contributed by atoms with Crippen LogP contribution in [0.2, 0.25) is 5.15 Å². The van der Waals surface area contributed by atoms with Crippen LogP contribution >= 0.6 is 24.2 Å². The summed E-state index contributed by atoms with van der Waals surface area (Å²) < 4.78 is 1.50. The van der Waals surface area contributed by atoms with E-state index in [4.69, 9.17) is 11.6 Å². The Hall–Kier alpha value is -0.810. The highest BCUT2D eigenvalue weighted by Gasteiger charge is 2.01. The topological polar surface area (TPSA) is 43.1 Å². The molecule has 4 nitrogen and oxygen atoms in total. The van der Waals surface area contributed by atoms with Crippen molar-refractivity contribution < 1.29 is 0 Å². The molecule has 56 valence electrons. The second-order valence-corrected chi connectivity index (χ2v) is 2.75. The van der Waals surface area contributed by atoms with Crippen LogP contribution in [0.1, 0.15) is 0 Å². The van der Waals surface area contributed by atoms with E-state index in [0.29, 0.717) is 16.0 Å². The van der Waals surface area contributed by atoms with Crippen molar-refractivity contribution in [2.24, 2.45) is 0 Å². The van der Waals surface area contributed by atoms with Gasteiger partial charge in [-0.1, -0.05) is 11.6 Å². The van der Waals surface area contributed by atoms with Crippen molar-refractivity contribution in [3.63, 3.8) is 0 Å². The lowest BCUT2D eigenvalue weighted by Gasteiger charge is -1.94. The third-order valence-corrected chi connectivity index (χ3v) is 1.71. The van der Waals surface area contributed by atoms with E-state index >= 15 is 0 Å². The quantitative estimate of drug-likeness (QED) is 0.495. The molecular weight excluding hydrogens is 184 g/mol. The predicted octanol–water partition coefficient (Wildman–Crippen LogP) is 1.07. The fourth-order valence-corrected chi connectivity index (χ4v) is 1.29. The number of halogens is 1. The summed E-state index contributed by atoms with van der Waals surface area (Å²) in [6.07, 6.45) is 1.40. The Labute approximate surface area is 72.6 Å². The van der Waals surface area contributed by atoms with E-state index in [-0.39, 0.29) is 0 Å². The first-order valence-corrected chi connectivity index (χ1v) is 3.65. The van der Waals surface area contributed by atoms with E-state index in [0.717, 1.165) is 0 Å². The van der Waals surface area contributed by atoms with Crippen molar-refractivity contribution in [1.82, 2.24) is 19.6 Å². The monoisotopic (exact) mass is 186 g/mol.